The van der Waals surface area contributed by atoms with Crippen LogP contribution in [0.1, 0.15) is 30.4 Å². The van der Waals surface area contributed by atoms with E-state index in [0.717, 1.165) is 44.6 Å². The van der Waals surface area contributed by atoms with Gasteiger partial charge in [-0.25, -0.2) is 8.42 Å². The fraction of sp³-hybridized carbons (Fsp3) is 0.519. The lowest BCUT2D eigenvalue weighted by molar-refractivity contribution is -0.139. The van der Waals surface area contributed by atoms with Crippen LogP contribution in [0, 0.1) is 6.92 Å². The van der Waals surface area contributed by atoms with Crippen LogP contribution in [0.5, 0.6) is 0 Å². The van der Waals surface area contributed by atoms with Gasteiger partial charge in [0.1, 0.15) is 0 Å². The smallest absolute Gasteiger partial charge is 0.382 e. The molecule has 208 valence electrons. The molecule has 1 N–H and O–H groups in total. The molecule has 0 radical (unpaired) electrons. The molecule has 2 saturated heterocycles. The summed E-state index contributed by atoms with van der Waals surface area (Å²) in [7, 11) is -4.01. The van der Waals surface area contributed by atoms with Crippen LogP contribution < -0.4 is 10.2 Å². The van der Waals surface area contributed by atoms with Crippen molar-refractivity contribution in [3.05, 3.63) is 53.6 Å². The Bertz CT molecular complexity index is 1220. The second-order valence-corrected chi connectivity index (χ2v) is 12.2. The van der Waals surface area contributed by atoms with Crippen LogP contribution in [0.25, 0.3) is 0 Å². The maximum Gasteiger partial charge on any atom is 0.417 e. The van der Waals surface area contributed by atoms with Gasteiger partial charge in [-0.1, -0.05) is 17.7 Å². The Kier molecular flexibility index (Phi) is 8.56. The van der Waals surface area contributed by atoms with Gasteiger partial charge in [-0.3, -0.25) is 9.69 Å². The summed E-state index contributed by atoms with van der Waals surface area (Å²) in [4.78, 5) is 18.6. The molecule has 2 heterocycles. The number of carbonyl (C=O) groups is 1. The molecule has 2 aliphatic rings. The largest absolute Gasteiger partial charge is 0.417 e. The second kappa shape index (κ2) is 11.5. The Morgan fingerprint density at radius 3 is 2.18 bits per heavy atom. The van der Waals surface area contributed by atoms with Gasteiger partial charge < -0.3 is 15.1 Å². The van der Waals surface area contributed by atoms with E-state index in [1.165, 1.54) is 17.3 Å². The van der Waals surface area contributed by atoms with Crippen molar-refractivity contribution in [2.75, 3.05) is 62.3 Å². The number of carbonyl (C=O) groups excluding carboxylic acids is 1. The number of anilines is 2. The number of hydrogen-bond donors (Lipinski definition) is 1. The molecule has 38 heavy (non-hydrogen) atoms. The molecule has 2 aromatic carbocycles. The number of piperazine rings is 1. The van der Waals surface area contributed by atoms with Gasteiger partial charge in [0.25, 0.3) is 0 Å². The molecule has 0 aromatic heterocycles. The summed E-state index contributed by atoms with van der Waals surface area (Å²) in [5, 5.41) is 3.09. The van der Waals surface area contributed by atoms with Crippen molar-refractivity contribution in [3.8, 4) is 0 Å². The lowest BCUT2D eigenvalue weighted by Crippen LogP contribution is -2.48. The zero-order valence-corrected chi connectivity index (χ0v) is 22.6. The first-order valence-electron chi connectivity index (χ1n) is 12.9. The first-order valence-corrected chi connectivity index (χ1v) is 14.8. The molecule has 7 nitrogen and oxygen atoms in total. The maximum atomic E-state index is 13.5. The minimum Gasteiger partial charge on any atom is -0.382 e. The van der Waals surface area contributed by atoms with E-state index in [4.69, 9.17) is 0 Å². The molecule has 4 rings (SSSR count). The third-order valence-corrected chi connectivity index (χ3v) is 8.47. The number of piperidine rings is 1. The van der Waals surface area contributed by atoms with E-state index in [2.05, 4.69) is 46.3 Å². The van der Waals surface area contributed by atoms with Crippen LogP contribution in [-0.4, -0.2) is 82.2 Å². The van der Waals surface area contributed by atoms with Crippen LogP contribution in [0.15, 0.2) is 47.4 Å². The van der Waals surface area contributed by atoms with Gasteiger partial charge >= 0.3 is 6.18 Å². The van der Waals surface area contributed by atoms with E-state index in [9.17, 15) is 26.4 Å². The zero-order valence-electron chi connectivity index (χ0n) is 21.8. The van der Waals surface area contributed by atoms with E-state index in [0.29, 0.717) is 38.9 Å². The van der Waals surface area contributed by atoms with Crippen LogP contribution >= 0.6 is 0 Å². The second-order valence-electron chi connectivity index (χ2n) is 10.2. The van der Waals surface area contributed by atoms with E-state index in [1.54, 1.807) is 0 Å². The van der Waals surface area contributed by atoms with Crippen molar-refractivity contribution in [1.29, 1.82) is 0 Å². The van der Waals surface area contributed by atoms with E-state index < -0.39 is 26.5 Å². The summed E-state index contributed by atoms with van der Waals surface area (Å²) in [6.07, 6.45) is -2.35. The highest BCUT2D eigenvalue weighted by molar-refractivity contribution is 7.90. The number of rotatable bonds is 7. The number of aryl methyl sites for hydroxylation is 1. The number of nitrogens with one attached hydrogen (secondary N) is 1. The SMILES string of the molecule is Cc1ccc(N2CCN(CCC(=O)N3CCC(Nc4ccc(S(C)(=O)=O)c(C(F)(F)F)c4)CC3)CC2)cc1. The minimum atomic E-state index is -4.78. The number of sulfone groups is 1. The summed E-state index contributed by atoms with van der Waals surface area (Å²) in [5.74, 6) is 0.0984. The summed E-state index contributed by atoms with van der Waals surface area (Å²) < 4.78 is 63.9. The average molecular weight is 553 g/mol. The lowest BCUT2D eigenvalue weighted by Gasteiger charge is -2.37. The Balaban J connectivity index is 1.22. The van der Waals surface area contributed by atoms with Crippen LogP contribution in [0.3, 0.4) is 0 Å². The number of benzene rings is 2. The van der Waals surface area contributed by atoms with Gasteiger partial charge in [-0.2, -0.15) is 13.2 Å². The van der Waals surface area contributed by atoms with Crippen LogP contribution in [0.2, 0.25) is 0 Å². The van der Waals surface area contributed by atoms with E-state index in [1.807, 2.05) is 4.90 Å². The molecular formula is C27H35F3N4O3S. The van der Waals surface area contributed by atoms with Crippen molar-refractivity contribution in [1.82, 2.24) is 9.80 Å². The number of amides is 1. The molecule has 2 aromatic rings. The van der Waals surface area contributed by atoms with Gasteiger partial charge in [-0.15, -0.1) is 0 Å². The van der Waals surface area contributed by atoms with Gasteiger partial charge in [0.15, 0.2) is 9.84 Å². The highest BCUT2D eigenvalue weighted by Crippen LogP contribution is 2.36. The average Bonchev–Trinajstić information content (AvgIpc) is 2.87. The van der Waals surface area contributed by atoms with Crippen LogP contribution in [-0.2, 0) is 20.8 Å². The predicted molar refractivity (Wildman–Crippen MR) is 142 cm³/mol. The lowest BCUT2D eigenvalue weighted by atomic mass is 10.0. The summed E-state index contributed by atoms with van der Waals surface area (Å²) >= 11 is 0. The summed E-state index contributed by atoms with van der Waals surface area (Å²) in [6, 6.07) is 11.6. The summed E-state index contributed by atoms with van der Waals surface area (Å²) in [5.41, 5.74) is 1.52. The van der Waals surface area contributed by atoms with Gasteiger partial charge in [-0.05, 0) is 50.1 Å². The molecule has 0 spiro atoms. The molecule has 0 bridgehead atoms. The van der Waals surface area contributed by atoms with Gasteiger partial charge in [0.05, 0.1) is 10.5 Å². The quantitative estimate of drug-likeness (QED) is 0.559. The number of alkyl halides is 3. The van der Waals surface area contributed by atoms with Crippen LogP contribution in [0.4, 0.5) is 24.5 Å². The molecule has 0 saturated carbocycles. The molecule has 0 atom stereocenters. The highest BCUT2D eigenvalue weighted by Gasteiger charge is 2.36. The highest BCUT2D eigenvalue weighted by atomic mass is 32.2. The molecular weight excluding hydrogens is 517 g/mol. The molecule has 11 heteroatoms. The summed E-state index contributed by atoms with van der Waals surface area (Å²) in [6.45, 7) is 7.52. The Morgan fingerprint density at radius 1 is 0.974 bits per heavy atom. The fourth-order valence-electron chi connectivity index (χ4n) is 5.07. The normalized spacial score (nSPS) is 18.0. The van der Waals surface area contributed by atoms with Gasteiger partial charge in [0.2, 0.25) is 5.91 Å². The predicted octanol–water partition coefficient (Wildman–Crippen LogP) is 4.03. The Labute approximate surface area is 222 Å². The maximum absolute atomic E-state index is 13.5. The monoisotopic (exact) mass is 552 g/mol. The third kappa shape index (κ3) is 7.19. The molecule has 0 aliphatic carbocycles. The van der Waals surface area contributed by atoms with Crippen molar-refractivity contribution in [2.24, 2.45) is 0 Å². The molecule has 0 unspecified atom stereocenters. The third-order valence-electron chi connectivity index (χ3n) is 7.32. The van der Waals surface area contributed by atoms with Crippen molar-refractivity contribution in [2.45, 2.75) is 43.3 Å². The number of halogens is 3. The molecule has 2 fully saturated rings. The van der Waals surface area contributed by atoms with Crippen molar-refractivity contribution >= 4 is 27.1 Å². The number of hydrogen-bond acceptors (Lipinski definition) is 6. The van der Waals surface area contributed by atoms with Crippen molar-refractivity contribution < 1.29 is 26.4 Å². The molecule has 2 aliphatic heterocycles. The minimum absolute atomic E-state index is 0.0981. The number of likely N-dealkylation sites (tertiary alicyclic amines) is 1. The first kappa shape index (κ1) is 28.2. The Hall–Kier alpha value is -2.79. The molecule has 1 amide bonds. The van der Waals surface area contributed by atoms with E-state index >= 15 is 0 Å². The number of nitrogens with zero attached hydrogens (tertiary/aromatic N) is 3. The van der Waals surface area contributed by atoms with Crippen molar-refractivity contribution in [3.63, 3.8) is 0 Å². The van der Waals surface area contributed by atoms with E-state index in [-0.39, 0.29) is 17.6 Å². The van der Waals surface area contributed by atoms with Gasteiger partial charge in [0, 0.05) is 75.9 Å². The first-order chi connectivity index (χ1) is 17.9. The Morgan fingerprint density at radius 2 is 1.61 bits per heavy atom. The standard InChI is InChI=1S/C27H35F3N4O3S/c1-20-3-6-23(7-4-20)33-17-15-32(16-18-33)12-11-26(35)34-13-9-21(10-14-34)31-22-5-8-25(38(2,36)37)24(19-22)27(28,29)30/h3-8,19,21,31H,9-18H2,1-2H3. The zero-order chi connectivity index (χ0) is 27.5. The fourth-order valence-corrected chi connectivity index (χ4v) is 5.96. The topological polar surface area (TPSA) is 73.0 Å².